The Morgan fingerprint density at radius 3 is 2.65 bits per heavy atom. The lowest BCUT2D eigenvalue weighted by atomic mass is 10.1. The van der Waals surface area contributed by atoms with Gasteiger partial charge in [0, 0.05) is 30.3 Å². The van der Waals surface area contributed by atoms with Crippen LogP contribution in [0.4, 0.5) is 0 Å². The van der Waals surface area contributed by atoms with E-state index in [1.165, 1.54) is 0 Å². The number of aromatic nitrogens is 1. The maximum absolute atomic E-state index is 12.0. The number of benzene rings is 1. The van der Waals surface area contributed by atoms with Crippen LogP contribution in [0.5, 0.6) is 11.5 Å². The van der Waals surface area contributed by atoms with Gasteiger partial charge in [-0.25, -0.2) is 0 Å². The van der Waals surface area contributed by atoms with Crippen molar-refractivity contribution in [2.45, 2.75) is 33.2 Å². The van der Waals surface area contributed by atoms with Gasteiger partial charge in [-0.15, -0.1) is 0 Å². The summed E-state index contributed by atoms with van der Waals surface area (Å²) < 4.78 is 13.0. The lowest BCUT2D eigenvalue weighted by Gasteiger charge is -2.14. The van der Waals surface area contributed by atoms with Gasteiger partial charge >= 0.3 is 0 Å². The van der Waals surface area contributed by atoms with E-state index in [1.54, 1.807) is 19.2 Å². The van der Waals surface area contributed by atoms with Crippen molar-refractivity contribution in [3.63, 3.8) is 0 Å². The van der Waals surface area contributed by atoms with Crippen LogP contribution in [-0.4, -0.2) is 18.3 Å². The number of hydrogen-bond donors (Lipinski definition) is 0. The molecule has 0 saturated carbocycles. The van der Waals surface area contributed by atoms with Gasteiger partial charge in [0.25, 0.3) is 0 Å². The first-order valence-corrected chi connectivity index (χ1v) is 7.05. The Bertz CT molecular complexity index is 646. The molecule has 1 heterocycles. The van der Waals surface area contributed by atoms with E-state index in [-0.39, 0.29) is 5.43 Å². The summed E-state index contributed by atoms with van der Waals surface area (Å²) in [6.07, 6.45) is 4.04. The molecule has 0 unspecified atom stereocenters. The minimum Gasteiger partial charge on any atom is -0.493 e. The van der Waals surface area contributed by atoms with Crippen molar-refractivity contribution in [3.05, 3.63) is 34.6 Å². The number of unbranched alkanes of at least 4 members (excludes halogenated alkanes) is 1. The quantitative estimate of drug-likeness (QED) is 0.812. The normalized spacial score (nSPS) is 10.8. The third-order valence-corrected chi connectivity index (χ3v) is 3.32. The van der Waals surface area contributed by atoms with Crippen LogP contribution in [0.2, 0.25) is 0 Å². The van der Waals surface area contributed by atoms with Gasteiger partial charge in [0.1, 0.15) is 0 Å². The molecule has 0 aliphatic carbocycles. The fraction of sp³-hybridized carbons (Fsp3) is 0.438. The molecule has 2 aromatic rings. The molecule has 0 spiro atoms. The number of rotatable bonds is 6. The summed E-state index contributed by atoms with van der Waals surface area (Å²) >= 11 is 0. The average Bonchev–Trinajstić information content (AvgIpc) is 2.46. The van der Waals surface area contributed by atoms with Gasteiger partial charge in [0.05, 0.1) is 19.2 Å². The van der Waals surface area contributed by atoms with Crippen LogP contribution in [0.3, 0.4) is 0 Å². The van der Waals surface area contributed by atoms with Crippen LogP contribution in [0.1, 0.15) is 26.7 Å². The number of nitrogens with zero attached hydrogens (tertiary/aromatic N) is 1. The second-order valence-electron chi connectivity index (χ2n) is 4.68. The Hall–Kier alpha value is -1.97. The van der Waals surface area contributed by atoms with E-state index in [9.17, 15) is 4.79 Å². The second kappa shape index (κ2) is 6.46. The number of methoxy groups -OCH3 is 1. The van der Waals surface area contributed by atoms with Gasteiger partial charge in [0.15, 0.2) is 16.9 Å². The summed E-state index contributed by atoms with van der Waals surface area (Å²) in [6, 6.07) is 5.28. The Balaban J connectivity index is 2.63. The highest BCUT2D eigenvalue weighted by Crippen LogP contribution is 2.31. The second-order valence-corrected chi connectivity index (χ2v) is 4.68. The smallest absolute Gasteiger partial charge is 0.189 e. The highest BCUT2D eigenvalue weighted by molar-refractivity contribution is 5.83. The molecule has 2 rings (SSSR count). The summed E-state index contributed by atoms with van der Waals surface area (Å²) in [4.78, 5) is 12.0. The molecule has 0 N–H and O–H groups in total. The molecule has 0 aliphatic heterocycles. The van der Waals surface area contributed by atoms with Crippen LogP contribution >= 0.6 is 0 Å². The highest BCUT2D eigenvalue weighted by atomic mass is 16.5. The van der Waals surface area contributed by atoms with Crippen molar-refractivity contribution in [1.82, 2.24) is 4.57 Å². The molecule has 0 amide bonds. The first-order chi connectivity index (χ1) is 9.71. The van der Waals surface area contributed by atoms with Gasteiger partial charge in [-0.1, -0.05) is 13.3 Å². The van der Waals surface area contributed by atoms with E-state index >= 15 is 0 Å². The van der Waals surface area contributed by atoms with Crippen LogP contribution in [0.15, 0.2) is 29.2 Å². The standard InChI is InChI=1S/C16H21NO3/c1-4-6-8-17-9-7-14(18)12-10-15(19-3)16(20-5-2)11-13(12)17/h7,9-11H,4-6,8H2,1-3H3. The third-order valence-electron chi connectivity index (χ3n) is 3.32. The molecule has 108 valence electrons. The van der Waals surface area contributed by atoms with E-state index in [0.717, 1.165) is 24.9 Å². The zero-order valence-electron chi connectivity index (χ0n) is 12.3. The third kappa shape index (κ3) is 2.79. The lowest BCUT2D eigenvalue weighted by molar-refractivity contribution is 0.311. The van der Waals surface area contributed by atoms with Crippen molar-refractivity contribution >= 4 is 10.9 Å². The minimum absolute atomic E-state index is 0.00842. The molecule has 0 aliphatic rings. The molecule has 0 saturated heterocycles. The van der Waals surface area contributed by atoms with E-state index in [0.29, 0.717) is 23.5 Å². The van der Waals surface area contributed by atoms with Gasteiger partial charge in [-0.2, -0.15) is 0 Å². The summed E-state index contributed by atoms with van der Waals surface area (Å²) in [5, 5.41) is 0.670. The Kier molecular flexibility index (Phi) is 4.66. The van der Waals surface area contributed by atoms with Crippen molar-refractivity contribution in [3.8, 4) is 11.5 Å². The highest BCUT2D eigenvalue weighted by Gasteiger charge is 2.10. The number of hydrogen-bond acceptors (Lipinski definition) is 3. The fourth-order valence-electron chi connectivity index (χ4n) is 2.26. The molecule has 1 aromatic carbocycles. The molecule has 0 radical (unpaired) electrons. The largest absolute Gasteiger partial charge is 0.493 e. The molecule has 0 fully saturated rings. The van der Waals surface area contributed by atoms with Crippen LogP contribution in [0.25, 0.3) is 10.9 Å². The minimum atomic E-state index is 0.00842. The molecular weight excluding hydrogens is 254 g/mol. The van der Waals surface area contributed by atoms with Gasteiger partial charge < -0.3 is 14.0 Å². The van der Waals surface area contributed by atoms with E-state index in [1.807, 2.05) is 19.2 Å². The SMILES string of the molecule is CCCCn1ccc(=O)c2cc(OC)c(OCC)cc21. The summed E-state index contributed by atoms with van der Waals surface area (Å²) in [6.45, 7) is 5.54. The number of fused-ring (bicyclic) bond motifs is 1. The van der Waals surface area contributed by atoms with E-state index in [2.05, 4.69) is 11.5 Å². The van der Waals surface area contributed by atoms with Crippen LogP contribution in [-0.2, 0) is 6.54 Å². The topological polar surface area (TPSA) is 40.5 Å². The summed E-state index contributed by atoms with van der Waals surface area (Å²) in [5.74, 6) is 1.28. The van der Waals surface area contributed by atoms with Crippen molar-refractivity contribution < 1.29 is 9.47 Å². The van der Waals surface area contributed by atoms with Gasteiger partial charge in [-0.3, -0.25) is 4.79 Å². The Labute approximate surface area is 118 Å². The molecule has 20 heavy (non-hydrogen) atoms. The lowest BCUT2D eigenvalue weighted by Crippen LogP contribution is -2.09. The monoisotopic (exact) mass is 275 g/mol. The van der Waals surface area contributed by atoms with Crippen LogP contribution in [0, 0.1) is 0 Å². The molecule has 4 nitrogen and oxygen atoms in total. The van der Waals surface area contributed by atoms with Gasteiger partial charge in [-0.05, 0) is 19.4 Å². The molecule has 1 aromatic heterocycles. The maximum Gasteiger partial charge on any atom is 0.189 e. The number of aryl methyl sites for hydroxylation is 1. The first-order valence-electron chi connectivity index (χ1n) is 7.05. The van der Waals surface area contributed by atoms with E-state index in [4.69, 9.17) is 9.47 Å². The average molecular weight is 275 g/mol. The predicted molar refractivity (Wildman–Crippen MR) is 80.8 cm³/mol. The van der Waals surface area contributed by atoms with Crippen molar-refractivity contribution in [1.29, 1.82) is 0 Å². The fourth-order valence-corrected chi connectivity index (χ4v) is 2.26. The maximum atomic E-state index is 12.0. The predicted octanol–water partition coefficient (Wildman–Crippen LogP) is 3.21. The van der Waals surface area contributed by atoms with Crippen LogP contribution < -0.4 is 14.9 Å². The molecular formula is C16H21NO3. The van der Waals surface area contributed by atoms with E-state index < -0.39 is 0 Å². The number of ether oxygens (including phenoxy) is 2. The zero-order chi connectivity index (χ0) is 14.5. The van der Waals surface area contributed by atoms with Crippen molar-refractivity contribution in [2.75, 3.05) is 13.7 Å². The Morgan fingerprint density at radius 1 is 1.20 bits per heavy atom. The molecule has 0 atom stereocenters. The summed E-state index contributed by atoms with van der Waals surface area (Å²) in [7, 11) is 1.59. The van der Waals surface area contributed by atoms with Crippen molar-refractivity contribution in [2.24, 2.45) is 0 Å². The number of pyridine rings is 1. The Morgan fingerprint density at radius 2 is 2.00 bits per heavy atom. The molecule has 4 heteroatoms. The summed E-state index contributed by atoms with van der Waals surface area (Å²) in [5.41, 5.74) is 0.907. The molecule has 0 bridgehead atoms. The zero-order valence-corrected chi connectivity index (χ0v) is 12.3. The first kappa shape index (κ1) is 14.4. The van der Waals surface area contributed by atoms with Gasteiger partial charge in [0.2, 0.25) is 0 Å².